The lowest BCUT2D eigenvalue weighted by Gasteiger charge is -2.27. The summed E-state index contributed by atoms with van der Waals surface area (Å²) in [4.78, 5) is 10.9. The fourth-order valence-corrected chi connectivity index (χ4v) is 2.46. The molecule has 20 heavy (non-hydrogen) atoms. The van der Waals surface area contributed by atoms with Gasteiger partial charge >= 0.3 is 12.1 Å². The van der Waals surface area contributed by atoms with Crippen LogP contribution in [0.5, 0.6) is 5.75 Å². The molecule has 110 valence electrons. The monoisotopic (exact) mass is 288 g/mol. The van der Waals surface area contributed by atoms with Crippen molar-refractivity contribution < 1.29 is 27.8 Å². The zero-order valence-electron chi connectivity index (χ0n) is 11.0. The van der Waals surface area contributed by atoms with Gasteiger partial charge in [-0.05, 0) is 50.8 Å². The number of halogens is 3. The van der Waals surface area contributed by atoms with Gasteiger partial charge in [0.25, 0.3) is 0 Å². The van der Waals surface area contributed by atoms with E-state index in [1.807, 2.05) is 0 Å². The number of carboxylic acids is 1. The summed E-state index contributed by atoms with van der Waals surface area (Å²) in [5.74, 6) is -1.68. The number of rotatable bonds is 3. The standard InChI is InChI=1S/C14H15F3O3/c1-13(6-2-3-7-13)20-11-8-9(12(18)19)4-5-10(11)14(15,16)17/h4-5,8H,2-3,6-7H2,1H3,(H,18,19). The molecule has 1 aliphatic carbocycles. The molecular weight excluding hydrogens is 273 g/mol. The Balaban J connectivity index is 2.41. The molecule has 1 N–H and O–H groups in total. The maximum Gasteiger partial charge on any atom is 0.419 e. The molecule has 1 aliphatic rings. The average Bonchev–Trinajstić information content (AvgIpc) is 2.74. The van der Waals surface area contributed by atoms with Crippen LogP contribution >= 0.6 is 0 Å². The summed E-state index contributed by atoms with van der Waals surface area (Å²) in [6.07, 6.45) is -1.43. The third kappa shape index (κ3) is 3.05. The van der Waals surface area contributed by atoms with E-state index < -0.39 is 29.1 Å². The van der Waals surface area contributed by atoms with Gasteiger partial charge in [-0.25, -0.2) is 4.79 Å². The molecule has 0 amide bonds. The van der Waals surface area contributed by atoms with Crippen molar-refractivity contribution in [1.29, 1.82) is 0 Å². The molecule has 0 aromatic heterocycles. The molecule has 1 aromatic carbocycles. The first kappa shape index (κ1) is 14.7. The summed E-state index contributed by atoms with van der Waals surface area (Å²) in [6.45, 7) is 1.76. The average molecular weight is 288 g/mol. The summed E-state index contributed by atoms with van der Waals surface area (Å²) in [6, 6.07) is 2.65. The fourth-order valence-electron chi connectivity index (χ4n) is 2.46. The molecule has 0 aliphatic heterocycles. The minimum atomic E-state index is -4.57. The molecule has 3 nitrogen and oxygen atoms in total. The molecule has 1 aromatic rings. The molecule has 6 heteroatoms. The van der Waals surface area contributed by atoms with E-state index >= 15 is 0 Å². The summed E-state index contributed by atoms with van der Waals surface area (Å²) < 4.78 is 44.4. The number of alkyl halides is 3. The van der Waals surface area contributed by atoms with Gasteiger partial charge in [-0.2, -0.15) is 13.2 Å². The number of carbonyl (C=O) groups is 1. The van der Waals surface area contributed by atoms with Crippen LogP contribution in [0, 0.1) is 0 Å². The molecule has 2 rings (SSSR count). The van der Waals surface area contributed by atoms with Crippen LogP contribution in [0.3, 0.4) is 0 Å². The molecule has 0 radical (unpaired) electrons. The van der Waals surface area contributed by atoms with Gasteiger partial charge in [0, 0.05) is 0 Å². The van der Waals surface area contributed by atoms with Gasteiger partial charge in [0.2, 0.25) is 0 Å². The molecule has 1 fully saturated rings. The van der Waals surface area contributed by atoms with Crippen LogP contribution < -0.4 is 4.74 Å². The van der Waals surface area contributed by atoms with Crippen LogP contribution in [-0.4, -0.2) is 16.7 Å². The van der Waals surface area contributed by atoms with Crippen LogP contribution in [0.15, 0.2) is 18.2 Å². The lowest BCUT2D eigenvalue weighted by atomic mass is 10.0. The van der Waals surface area contributed by atoms with Crippen molar-refractivity contribution in [3.8, 4) is 5.75 Å². The second-order valence-corrected chi connectivity index (χ2v) is 5.27. The second-order valence-electron chi connectivity index (χ2n) is 5.27. The van der Waals surface area contributed by atoms with Crippen molar-refractivity contribution >= 4 is 5.97 Å². The van der Waals surface area contributed by atoms with Crippen molar-refractivity contribution in [1.82, 2.24) is 0 Å². The Hall–Kier alpha value is -1.72. The van der Waals surface area contributed by atoms with Crippen LogP contribution in [-0.2, 0) is 6.18 Å². The first-order valence-corrected chi connectivity index (χ1v) is 6.35. The Morgan fingerprint density at radius 2 is 1.90 bits per heavy atom. The third-order valence-electron chi connectivity index (χ3n) is 3.55. The number of hydrogen-bond acceptors (Lipinski definition) is 2. The number of carboxylic acid groups (broad SMARTS) is 1. The molecule has 0 unspecified atom stereocenters. The number of ether oxygens (including phenoxy) is 1. The molecule has 1 saturated carbocycles. The Morgan fingerprint density at radius 3 is 2.40 bits per heavy atom. The first-order chi connectivity index (χ1) is 9.21. The van der Waals surface area contributed by atoms with Gasteiger partial charge in [0.15, 0.2) is 0 Å². The van der Waals surface area contributed by atoms with Crippen molar-refractivity contribution in [2.75, 3.05) is 0 Å². The lowest BCUT2D eigenvalue weighted by molar-refractivity contribution is -0.139. The summed E-state index contributed by atoms with van der Waals surface area (Å²) in [5, 5.41) is 8.89. The number of aromatic carboxylic acids is 1. The van der Waals surface area contributed by atoms with E-state index in [9.17, 15) is 18.0 Å². The topological polar surface area (TPSA) is 46.5 Å². The molecule has 0 saturated heterocycles. The predicted octanol–water partition coefficient (Wildman–Crippen LogP) is 4.12. The van der Waals surface area contributed by atoms with E-state index in [2.05, 4.69) is 0 Å². The quantitative estimate of drug-likeness (QED) is 0.910. The molecule has 0 bridgehead atoms. The Labute approximate surface area is 114 Å². The third-order valence-corrected chi connectivity index (χ3v) is 3.55. The largest absolute Gasteiger partial charge is 0.487 e. The highest BCUT2D eigenvalue weighted by molar-refractivity contribution is 5.88. The Morgan fingerprint density at radius 1 is 1.30 bits per heavy atom. The van der Waals surface area contributed by atoms with Crippen LogP contribution in [0.25, 0.3) is 0 Å². The zero-order chi connectivity index (χ0) is 15.0. The second kappa shape index (κ2) is 5.00. The number of benzene rings is 1. The van der Waals surface area contributed by atoms with Crippen molar-refractivity contribution in [2.24, 2.45) is 0 Å². The molecule has 0 spiro atoms. The number of hydrogen-bond donors (Lipinski definition) is 1. The minimum Gasteiger partial charge on any atom is -0.487 e. The molecule has 0 atom stereocenters. The highest BCUT2D eigenvalue weighted by Crippen LogP contribution is 2.41. The van der Waals surface area contributed by atoms with Crippen molar-refractivity contribution in [3.63, 3.8) is 0 Å². The lowest BCUT2D eigenvalue weighted by Crippen LogP contribution is -2.29. The summed E-state index contributed by atoms with van der Waals surface area (Å²) in [7, 11) is 0. The van der Waals surface area contributed by atoms with Crippen LogP contribution in [0.2, 0.25) is 0 Å². The van der Waals surface area contributed by atoms with Gasteiger partial charge in [-0.3, -0.25) is 0 Å². The van der Waals surface area contributed by atoms with Gasteiger partial charge in [-0.1, -0.05) is 0 Å². The predicted molar refractivity (Wildman–Crippen MR) is 65.9 cm³/mol. The maximum absolute atomic E-state index is 13.0. The van der Waals surface area contributed by atoms with Crippen LogP contribution in [0.1, 0.15) is 48.5 Å². The maximum atomic E-state index is 13.0. The Bertz CT molecular complexity index is 517. The van der Waals surface area contributed by atoms with Gasteiger partial charge in [-0.15, -0.1) is 0 Å². The van der Waals surface area contributed by atoms with E-state index in [-0.39, 0.29) is 5.56 Å². The van der Waals surface area contributed by atoms with Crippen molar-refractivity contribution in [3.05, 3.63) is 29.3 Å². The molecule has 0 heterocycles. The Kier molecular flexibility index (Phi) is 3.67. The van der Waals surface area contributed by atoms with E-state index in [1.165, 1.54) is 0 Å². The van der Waals surface area contributed by atoms with Gasteiger partial charge in [0.05, 0.1) is 11.1 Å². The summed E-state index contributed by atoms with van der Waals surface area (Å²) in [5.41, 5.74) is -1.80. The SMILES string of the molecule is CC1(Oc2cc(C(=O)O)ccc2C(F)(F)F)CCCC1. The van der Waals surface area contributed by atoms with E-state index in [0.29, 0.717) is 12.8 Å². The minimum absolute atomic E-state index is 0.213. The molecular formula is C14H15F3O3. The van der Waals surface area contributed by atoms with E-state index in [0.717, 1.165) is 31.0 Å². The fraction of sp³-hybridized carbons (Fsp3) is 0.500. The zero-order valence-corrected chi connectivity index (χ0v) is 11.0. The van der Waals surface area contributed by atoms with Gasteiger partial charge in [0.1, 0.15) is 11.4 Å². The van der Waals surface area contributed by atoms with Crippen LogP contribution in [0.4, 0.5) is 13.2 Å². The highest BCUT2D eigenvalue weighted by atomic mass is 19.4. The van der Waals surface area contributed by atoms with E-state index in [1.54, 1.807) is 6.92 Å². The van der Waals surface area contributed by atoms with Crippen molar-refractivity contribution in [2.45, 2.75) is 44.4 Å². The normalized spacial score (nSPS) is 18.0. The summed E-state index contributed by atoms with van der Waals surface area (Å²) >= 11 is 0. The van der Waals surface area contributed by atoms with E-state index in [4.69, 9.17) is 9.84 Å². The first-order valence-electron chi connectivity index (χ1n) is 6.35. The highest BCUT2D eigenvalue weighted by Gasteiger charge is 2.38. The van der Waals surface area contributed by atoms with Gasteiger partial charge < -0.3 is 9.84 Å². The smallest absolute Gasteiger partial charge is 0.419 e.